The van der Waals surface area contributed by atoms with E-state index in [0.717, 1.165) is 5.69 Å². The Hall–Kier alpha value is -0.860. The summed E-state index contributed by atoms with van der Waals surface area (Å²) in [4.78, 5) is 0. The fourth-order valence-electron chi connectivity index (χ4n) is 0.938. The molecule has 3 heteroatoms. The predicted molar refractivity (Wildman–Crippen MR) is 42.1 cm³/mol. The second-order valence-corrected chi connectivity index (χ2v) is 2.97. The normalized spacial score (nSPS) is 11.0. The van der Waals surface area contributed by atoms with E-state index < -0.39 is 6.67 Å². The van der Waals surface area contributed by atoms with E-state index in [0.29, 0.717) is 11.6 Å². The Labute approximate surface area is 66.0 Å². The second-order valence-electron chi connectivity index (χ2n) is 2.97. The van der Waals surface area contributed by atoms with Crippen LogP contribution in [0.5, 0.6) is 0 Å². The maximum absolute atomic E-state index is 12.2. The lowest BCUT2D eigenvalue weighted by atomic mass is 10.1. The highest BCUT2D eigenvalue weighted by Gasteiger charge is 2.06. The fourth-order valence-corrected chi connectivity index (χ4v) is 0.938. The third kappa shape index (κ3) is 1.59. The van der Waals surface area contributed by atoms with Gasteiger partial charge in [0.1, 0.15) is 6.67 Å². The Kier molecular flexibility index (Phi) is 2.27. The summed E-state index contributed by atoms with van der Waals surface area (Å²) in [6.07, 6.45) is 0. The molecule has 0 fully saturated rings. The zero-order valence-corrected chi connectivity index (χ0v) is 7.13. The van der Waals surface area contributed by atoms with Crippen LogP contribution in [0, 0.1) is 0 Å². The first-order valence-corrected chi connectivity index (χ1v) is 3.74. The van der Waals surface area contributed by atoms with Crippen molar-refractivity contribution < 1.29 is 4.39 Å². The van der Waals surface area contributed by atoms with Crippen LogP contribution in [0.25, 0.3) is 0 Å². The van der Waals surface area contributed by atoms with Gasteiger partial charge in [0.05, 0.1) is 11.4 Å². The molecule has 1 aromatic heterocycles. The Morgan fingerprint density at radius 1 is 1.64 bits per heavy atom. The van der Waals surface area contributed by atoms with Gasteiger partial charge >= 0.3 is 0 Å². The first-order valence-electron chi connectivity index (χ1n) is 3.74. The highest BCUT2D eigenvalue weighted by atomic mass is 19.1. The first kappa shape index (κ1) is 8.24. The van der Waals surface area contributed by atoms with Crippen LogP contribution in [0.3, 0.4) is 0 Å². The van der Waals surface area contributed by atoms with Crippen LogP contribution < -0.4 is 0 Å². The number of aryl methyl sites for hydroxylation is 1. The van der Waals surface area contributed by atoms with E-state index in [1.165, 1.54) is 0 Å². The van der Waals surface area contributed by atoms with Crippen molar-refractivity contribution in [3.05, 3.63) is 17.5 Å². The van der Waals surface area contributed by atoms with Crippen LogP contribution >= 0.6 is 0 Å². The smallest absolute Gasteiger partial charge is 0.131 e. The van der Waals surface area contributed by atoms with E-state index in [1.54, 1.807) is 11.7 Å². The van der Waals surface area contributed by atoms with Crippen molar-refractivity contribution in [3.8, 4) is 0 Å². The van der Waals surface area contributed by atoms with Crippen LogP contribution in [0.15, 0.2) is 6.07 Å². The molecule has 0 saturated heterocycles. The van der Waals surface area contributed by atoms with E-state index >= 15 is 0 Å². The SMILES string of the molecule is CC(C)c1cc(CF)n(C)n1. The van der Waals surface area contributed by atoms with Crippen molar-refractivity contribution in [2.24, 2.45) is 7.05 Å². The number of rotatable bonds is 2. The van der Waals surface area contributed by atoms with Crippen molar-refractivity contribution in [2.75, 3.05) is 0 Å². The molecule has 0 aliphatic rings. The van der Waals surface area contributed by atoms with Crippen LogP contribution in [0.2, 0.25) is 0 Å². The highest BCUT2D eigenvalue weighted by Crippen LogP contribution is 2.13. The lowest BCUT2D eigenvalue weighted by Crippen LogP contribution is -1.96. The molecule has 0 radical (unpaired) electrons. The van der Waals surface area contributed by atoms with Crippen LogP contribution in [0.4, 0.5) is 4.39 Å². The lowest BCUT2D eigenvalue weighted by Gasteiger charge is -1.95. The molecule has 0 aliphatic carbocycles. The van der Waals surface area contributed by atoms with Gasteiger partial charge < -0.3 is 0 Å². The molecule has 0 spiro atoms. The predicted octanol–water partition coefficient (Wildman–Crippen LogP) is 2.01. The van der Waals surface area contributed by atoms with Crippen molar-refractivity contribution in [1.82, 2.24) is 9.78 Å². The van der Waals surface area contributed by atoms with Gasteiger partial charge in [0.25, 0.3) is 0 Å². The van der Waals surface area contributed by atoms with Gasteiger partial charge in [0, 0.05) is 7.05 Å². The first-order chi connectivity index (χ1) is 5.15. The number of alkyl halides is 1. The highest BCUT2D eigenvalue weighted by molar-refractivity contribution is 5.12. The standard InChI is InChI=1S/C8H13FN2/c1-6(2)8-4-7(5-9)11(3)10-8/h4,6H,5H2,1-3H3. The summed E-state index contributed by atoms with van der Waals surface area (Å²) in [6, 6.07) is 1.81. The van der Waals surface area contributed by atoms with E-state index in [4.69, 9.17) is 0 Å². The number of hydrogen-bond donors (Lipinski definition) is 0. The van der Waals surface area contributed by atoms with Crippen molar-refractivity contribution in [2.45, 2.75) is 26.4 Å². The van der Waals surface area contributed by atoms with Gasteiger partial charge in [0.2, 0.25) is 0 Å². The number of nitrogens with zero attached hydrogens (tertiary/aromatic N) is 2. The molecule has 0 atom stereocenters. The molecule has 0 N–H and O–H groups in total. The average Bonchev–Trinajstić information content (AvgIpc) is 2.31. The summed E-state index contributed by atoms with van der Waals surface area (Å²) in [5.74, 6) is 0.376. The minimum absolute atomic E-state index is 0.376. The van der Waals surface area contributed by atoms with Gasteiger partial charge in [-0.05, 0) is 12.0 Å². The second kappa shape index (κ2) is 3.03. The molecular weight excluding hydrogens is 143 g/mol. The van der Waals surface area contributed by atoms with Gasteiger partial charge in [-0.15, -0.1) is 0 Å². The van der Waals surface area contributed by atoms with Gasteiger partial charge in [-0.3, -0.25) is 4.68 Å². The number of halogens is 1. The Morgan fingerprint density at radius 2 is 2.27 bits per heavy atom. The third-order valence-corrected chi connectivity index (χ3v) is 1.72. The lowest BCUT2D eigenvalue weighted by molar-refractivity contribution is 0.458. The Balaban J connectivity index is 2.95. The molecule has 0 unspecified atom stereocenters. The van der Waals surface area contributed by atoms with E-state index in [2.05, 4.69) is 5.10 Å². The van der Waals surface area contributed by atoms with Crippen molar-refractivity contribution in [3.63, 3.8) is 0 Å². The summed E-state index contributed by atoms with van der Waals surface area (Å²) < 4.78 is 13.8. The summed E-state index contributed by atoms with van der Waals surface area (Å²) in [7, 11) is 1.76. The summed E-state index contributed by atoms with van der Waals surface area (Å²) in [5.41, 5.74) is 1.61. The number of hydrogen-bond acceptors (Lipinski definition) is 1. The summed E-state index contributed by atoms with van der Waals surface area (Å²) >= 11 is 0. The summed E-state index contributed by atoms with van der Waals surface area (Å²) in [6.45, 7) is 3.66. The van der Waals surface area contributed by atoms with Gasteiger partial charge in [-0.25, -0.2) is 4.39 Å². The molecule has 0 bridgehead atoms. The molecule has 1 aromatic rings. The molecule has 62 valence electrons. The maximum atomic E-state index is 12.2. The van der Waals surface area contributed by atoms with Gasteiger partial charge in [0.15, 0.2) is 0 Å². The molecule has 11 heavy (non-hydrogen) atoms. The zero-order chi connectivity index (χ0) is 8.43. The van der Waals surface area contributed by atoms with Gasteiger partial charge in [-0.1, -0.05) is 13.8 Å². The molecule has 1 rings (SSSR count). The fraction of sp³-hybridized carbons (Fsp3) is 0.625. The van der Waals surface area contributed by atoms with Crippen LogP contribution in [0.1, 0.15) is 31.2 Å². The molecular formula is C8H13FN2. The zero-order valence-electron chi connectivity index (χ0n) is 7.13. The average molecular weight is 156 g/mol. The third-order valence-electron chi connectivity index (χ3n) is 1.72. The van der Waals surface area contributed by atoms with Crippen LogP contribution in [-0.2, 0) is 13.7 Å². The van der Waals surface area contributed by atoms with E-state index in [9.17, 15) is 4.39 Å². The molecule has 0 aliphatic heterocycles. The molecule has 0 aromatic carbocycles. The largest absolute Gasteiger partial charge is 0.270 e. The monoisotopic (exact) mass is 156 g/mol. The van der Waals surface area contributed by atoms with Gasteiger partial charge in [-0.2, -0.15) is 5.10 Å². The number of aromatic nitrogens is 2. The minimum atomic E-state index is -0.434. The van der Waals surface area contributed by atoms with Crippen molar-refractivity contribution in [1.29, 1.82) is 0 Å². The molecule has 1 heterocycles. The van der Waals surface area contributed by atoms with Crippen molar-refractivity contribution >= 4 is 0 Å². The quantitative estimate of drug-likeness (QED) is 0.640. The Morgan fingerprint density at radius 3 is 2.55 bits per heavy atom. The van der Waals surface area contributed by atoms with E-state index in [-0.39, 0.29) is 0 Å². The van der Waals surface area contributed by atoms with E-state index in [1.807, 2.05) is 19.9 Å². The maximum Gasteiger partial charge on any atom is 0.131 e. The minimum Gasteiger partial charge on any atom is -0.270 e. The molecule has 0 saturated carbocycles. The topological polar surface area (TPSA) is 17.8 Å². The molecule has 2 nitrogen and oxygen atoms in total. The van der Waals surface area contributed by atoms with Crippen LogP contribution in [-0.4, -0.2) is 9.78 Å². The molecule has 0 amide bonds. The summed E-state index contributed by atoms with van der Waals surface area (Å²) in [5, 5.41) is 4.16. The Bertz CT molecular complexity index is 240.